The summed E-state index contributed by atoms with van der Waals surface area (Å²) in [6.07, 6.45) is 1.46. The van der Waals surface area contributed by atoms with Gasteiger partial charge in [0, 0.05) is 24.3 Å². The fourth-order valence-corrected chi connectivity index (χ4v) is 4.38. The number of ketones is 1. The summed E-state index contributed by atoms with van der Waals surface area (Å²) in [6.45, 7) is 1.96. The fraction of sp³-hybridized carbons (Fsp3) is 0.467. The van der Waals surface area contributed by atoms with Crippen molar-refractivity contribution in [2.45, 2.75) is 25.0 Å². The molecule has 0 unspecified atom stereocenters. The molecule has 3 rings (SSSR count). The number of carbonyl (C=O) groups excluding carboxylic acids is 2. The number of benzene rings is 1. The van der Waals surface area contributed by atoms with Crippen LogP contribution in [-0.2, 0) is 14.8 Å². The number of carbonyl (C=O) groups is 2. The van der Waals surface area contributed by atoms with Crippen molar-refractivity contribution in [1.82, 2.24) is 4.31 Å². The molecule has 2 fully saturated rings. The lowest BCUT2D eigenvalue weighted by molar-refractivity contribution is -0.122. The van der Waals surface area contributed by atoms with Gasteiger partial charge in [0.05, 0.1) is 11.2 Å². The third-order valence-corrected chi connectivity index (χ3v) is 6.39. The van der Waals surface area contributed by atoms with E-state index in [-0.39, 0.29) is 35.9 Å². The van der Waals surface area contributed by atoms with Crippen LogP contribution in [0.1, 0.15) is 30.1 Å². The molecule has 0 bridgehead atoms. The van der Waals surface area contributed by atoms with Crippen LogP contribution in [0.4, 0.5) is 5.69 Å². The van der Waals surface area contributed by atoms with Crippen LogP contribution in [0.2, 0.25) is 0 Å². The molecule has 7 heteroatoms. The summed E-state index contributed by atoms with van der Waals surface area (Å²) in [4.78, 5) is 23.4. The molecule has 1 saturated carbocycles. The first kappa shape index (κ1) is 15.2. The molecule has 1 aliphatic carbocycles. The zero-order valence-corrected chi connectivity index (χ0v) is 13.1. The van der Waals surface area contributed by atoms with Gasteiger partial charge in [0.1, 0.15) is 0 Å². The Morgan fingerprint density at radius 2 is 1.91 bits per heavy atom. The van der Waals surface area contributed by atoms with E-state index in [2.05, 4.69) is 5.32 Å². The third kappa shape index (κ3) is 2.91. The summed E-state index contributed by atoms with van der Waals surface area (Å²) in [6, 6.07) is 6.72. The fourth-order valence-electron chi connectivity index (χ4n) is 2.45. The van der Waals surface area contributed by atoms with Crippen LogP contribution < -0.4 is 5.32 Å². The monoisotopic (exact) mass is 322 g/mol. The maximum atomic E-state index is 12.1. The third-order valence-electron chi connectivity index (χ3n) is 4.06. The van der Waals surface area contributed by atoms with Crippen molar-refractivity contribution >= 4 is 27.4 Å². The lowest BCUT2D eigenvalue weighted by atomic mass is 10.0. The van der Waals surface area contributed by atoms with E-state index >= 15 is 0 Å². The molecule has 2 aliphatic rings. The Hall–Kier alpha value is -1.73. The number of Topliss-reactive ketones (excluding diaryl/α,β-unsaturated/α-hetero) is 1. The molecule has 1 aromatic carbocycles. The van der Waals surface area contributed by atoms with Crippen molar-refractivity contribution in [2.24, 2.45) is 5.92 Å². The van der Waals surface area contributed by atoms with Crippen LogP contribution >= 0.6 is 0 Å². The van der Waals surface area contributed by atoms with Gasteiger partial charge in [-0.1, -0.05) is 12.1 Å². The molecule has 6 nitrogen and oxygen atoms in total. The maximum Gasteiger partial charge on any atom is 0.230 e. The van der Waals surface area contributed by atoms with Crippen molar-refractivity contribution in [3.8, 4) is 0 Å². The number of nitrogens with zero attached hydrogens (tertiary/aromatic N) is 1. The van der Waals surface area contributed by atoms with E-state index in [0.29, 0.717) is 11.3 Å². The van der Waals surface area contributed by atoms with E-state index in [1.54, 1.807) is 24.3 Å². The summed E-state index contributed by atoms with van der Waals surface area (Å²) < 4.78 is 25.3. The van der Waals surface area contributed by atoms with Gasteiger partial charge in [0.25, 0.3) is 0 Å². The first-order chi connectivity index (χ1) is 10.4. The Bertz CT molecular complexity index is 719. The predicted octanol–water partition coefficient (Wildman–Crippen LogP) is 1.25. The second-order valence-electron chi connectivity index (χ2n) is 5.88. The topological polar surface area (TPSA) is 83.6 Å². The average Bonchev–Trinajstić information content (AvgIpc) is 3.21. The first-order valence-corrected chi connectivity index (χ1v) is 8.79. The number of sulfonamides is 1. The predicted molar refractivity (Wildman–Crippen MR) is 82.1 cm³/mol. The van der Waals surface area contributed by atoms with E-state index in [9.17, 15) is 18.0 Å². The van der Waals surface area contributed by atoms with Gasteiger partial charge in [-0.2, -0.15) is 4.31 Å². The molecule has 0 radical (unpaired) electrons. The smallest absolute Gasteiger partial charge is 0.230 e. The molecule has 1 aromatic rings. The quantitative estimate of drug-likeness (QED) is 0.827. The minimum atomic E-state index is -3.18. The Morgan fingerprint density at radius 3 is 2.50 bits per heavy atom. The number of nitrogens with one attached hydrogen (secondary N) is 1. The number of hydrogen-bond donors (Lipinski definition) is 1. The van der Waals surface area contributed by atoms with Gasteiger partial charge < -0.3 is 5.32 Å². The number of hydrogen-bond acceptors (Lipinski definition) is 4. The Balaban J connectivity index is 1.58. The standard InChI is InChI=1S/C15H18N2O4S/c1-10(18)11-3-2-4-13(7-11)16-15(19)12-8-17(9-12)22(20,21)14-5-6-14/h2-4,7,12,14H,5-6,8-9H2,1H3,(H,16,19). The number of amides is 1. The van der Waals surface area contributed by atoms with Crippen molar-refractivity contribution in [3.63, 3.8) is 0 Å². The van der Waals surface area contributed by atoms with E-state index in [0.717, 1.165) is 12.8 Å². The van der Waals surface area contributed by atoms with Gasteiger partial charge in [-0.05, 0) is 31.9 Å². The van der Waals surface area contributed by atoms with Gasteiger partial charge >= 0.3 is 0 Å². The van der Waals surface area contributed by atoms with E-state index < -0.39 is 10.0 Å². The number of anilines is 1. The highest BCUT2D eigenvalue weighted by atomic mass is 32.2. The van der Waals surface area contributed by atoms with Crippen molar-refractivity contribution in [2.75, 3.05) is 18.4 Å². The molecule has 118 valence electrons. The van der Waals surface area contributed by atoms with Crippen molar-refractivity contribution < 1.29 is 18.0 Å². The van der Waals surface area contributed by atoms with Gasteiger partial charge in [0.15, 0.2) is 5.78 Å². The largest absolute Gasteiger partial charge is 0.326 e. The highest BCUT2D eigenvalue weighted by molar-refractivity contribution is 7.90. The van der Waals surface area contributed by atoms with E-state index in [1.165, 1.54) is 11.2 Å². The van der Waals surface area contributed by atoms with Crippen LogP contribution in [0.3, 0.4) is 0 Å². The highest BCUT2D eigenvalue weighted by Gasteiger charge is 2.46. The molecule has 1 aliphatic heterocycles. The van der Waals surface area contributed by atoms with Crippen LogP contribution in [0.5, 0.6) is 0 Å². The minimum absolute atomic E-state index is 0.0681. The second kappa shape index (κ2) is 5.48. The lowest BCUT2D eigenvalue weighted by Crippen LogP contribution is -2.55. The molecule has 0 atom stereocenters. The van der Waals surface area contributed by atoms with Crippen LogP contribution in [0, 0.1) is 5.92 Å². The molecule has 1 heterocycles. The second-order valence-corrected chi connectivity index (χ2v) is 8.10. The normalized spacial score (nSPS) is 19.5. The first-order valence-electron chi connectivity index (χ1n) is 7.29. The molecular formula is C15H18N2O4S. The maximum absolute atomic E-state index is 12.1. The van der Waals surface area contributed by atoms with E-state index in [4.69, 9.17) is 0 Å². The summed E-state index contributed by atoms with van der Waals surface area (Å²) in [5.74, 6) is -0.598. The van der Waals surface area contributed by atoms with Gasteiger partial charge in [-0.15, -0.1) is 0 Å². The van der Waals surface area contributed by atoms with Crippen molar-refractivity contribution in [1.29, 1.82) is 0 Å². The average molecular weight is 322 g/mol. The minimum Gasteiger partial charge on any atom is -0.326 e. The lowest BCUT2D eigenvalue weighted by Gasteiger charge is -2.37. The summed E-state index contributed by atoms with van der Waals surface area (Å²) >= 11 is 0. The van der Waals surface area contributed by atoms with Gasteiger partial charge in [0.2, 0.25) is 15.9 Å². The molecule has 0 aromatic heterocycles. The molecule has 1 amide bonds. The highest BCUT2D eigenvalue weighted by Crippen LogP contribution is 2.34. The zero-order chi connectivity index (χ0) is 15.9. The van der Waals surface area contributed by atoms with Crippen LogP contribution in [-0.4, -0.2) is 42.8 Å². The summed E-state index contributed by atoms with van der Waals surface area (Å²) in [5, 5.41) is 2.51. The summed E-state index contributed by atoms with van der Waals surface area (Å²) in [7, 11) is -3.18. The Labute approximate surface area is 129 Å². The molecule has 22 heavy (non-hydrogen) atoms. The van der Waals surface area contributed by atoms with Gasteiger partial charge in [-0.3, -0.25) is 9.59 Å². The Kier molecular flexibility index (Phi) is 3.78. The van der Waals surface area contributed by atoms with Crippen LogP contribution in [0.15, 0.2) is 24.3 Å². The molecule has 0 spiro atoms. The molecular weight excluding hydrogens is 304 g/mol. The SMILES string of the molecule is CC(=O)c1cccc(NC(=O)C2CN(S(=O)(=O)C3CC3)C2)c1. The molecule has 1 N–H and O–H groups in total. The van der Waals surface area contributed by atoms with Gasteiger partial charge in [-0.25, -0.2) is 8.42 Å². The van der Waals surface area contributed by atoms with Crippen molar-refractivity contribution in [3.05, 3.63) is 29.8 Å². The van der Waals surface area contributed by atoms with E-state index in [1.807, 2.05) is 0 Å². The number of rotatable bonds is 5. The van der Waals surface area contributed by atoms with Crippen LogP contribution in [0.25, 0.3) is 0 Å². The Morgan fingerprint density at radius 1 is 1.23 bits per heavy atom. The summed E-state index contributed by atoms with van der Waals surface area (Å²) in [5.41, 5.74) is 1.09. The zero-order valence-electron chi connectivity index (χ0n) is 12.3. The molecule has 1 saturated heterocycles.